The van der Waals surface area contributed by atoms with Gasteiger partial charge in [-0.05, 0) is 42.3 Å². The highest BCUT2D eigenvalue weighted by molar-refractivity contribution is 7.92. The highest BCUT2D eigenvalue weighted by atomic mass is 32.2. The van der Waals surface area contributed by atoms with E-state index in [9.17, 15) is 12.8 Å². The monoisotopic (exact) mass is 339 g/mol. The van der Waals surface area contributed by atoms with Crippen molar-refractivity contribution in [3.63, 3.8) is 0 Å². The minimum Gasteiger partial charge on any atom is -0.493 e. The van der Waals surface area contributed by atoms with Crippen molar-refractivity contribution in [3.05, 3.63) is 53.8 Å². The van der Waals surface area contributed by atoms with Gasteiger partial charge in [0.25, 0.3) is 0 Å². The van der Waals surface area contributed by atoms with Gasteiger partial charge in [0.1, 0.15) is 5.82 Å². The van der Waals surface area contributed by atoms with Crippen LogP contribution in [0.5, 0.6) is 11.5 Å². The van der Waals surface area contributed by atoms with Crippen molar-refractivity contribution < 1.29 is 22.3 Å². The molecule has 124 valence electrons. The fourth-order valence-electron chi connectivity index (χ4n) is 2.07. The minimum atomic E-state index is -3.57. The molecule has 5 nitrogen and oxygen atoms in total. The molecule has 1 N–H and O–H groups in total. The van der Waals surface area contributed by atoms with Gasteiger partial charge in [-0.25, -0.2) is 12.8 Å². The summed E-state index contributed by atoms with van der Waals surface area (Å²) in [7, 11) is -0.523. The van der Waals surface area contributed by atoms with Crippen LogP contribution in [0, 0.1) is 5.82 Å². The van der Waals surface area contributed by atoms with Gasteiger partial charge in [-0.2, -0.15) is 0 Å². The van der Waals surface area contributed by atoms with Crippen LogP contribution in [-0.4, -0.2) is 28.4 Å². The maximum Gasteiger partial charge on any atom is 0.233 e. The Bertz CT molecular complexity index is 777. The quantitative estimate of drug-likeness (QED) is 0.842. The van der Waals surface area contributed by atoms with Crippen LogP contribution >= 0.6 is 0 Å². The molecule has 0 unspecified atom stereocenters. The molecule has 0 fully saturated rings. The van der Waals surface area contributed by atoms with Gasteiger partial charge in [0.05, 0.1) is 25.7 Å². The number of hydrogen-bond donors (Lipinski definition) is 1. The lowest BCUT2D eigenvalue weighted by atomic mass is 10.1. The molecule has 0 aromatic heterocycles. The van der Waals surface area contributed by atoms with E-state index >= 15 is 0 Å². The van der Waals surface area contributed by atoms with Gasteiger partial charge in [0.15, 0.2) is 11.5 Å². The average Bonchev–Trinajstić information content (AvgIpc) is 2.52. The van der Waals surface area contributed by atoms with Gasteiger partial charge in [-0.1, -0.05) is 12.1 Å². The van der Waals surface area contributed by atoms with E-state index in [1.165, 1.54) is 32.4 Å². The van der Waals surface area contributed by atoms with Crippen LogP contribution in [-0.2, 0) is 16.4 Å². The van der Waals surface area contributed by atoms with Crippen molar-refractivity contribution >= 4 is 15.7 Å². The van der Waals surface area contributed by atoms with Gasteiger partial charge in [-0.15, -0.1) is 0 Å². The van der Waals surface area contributed by atoms with E-state index < -0.39 is 15.8 Å². The first-order chi connectivity index (χ1) is 10.9. The van der Waals surface area contributed by atoms with E-state index in [1.54, 1.807) is 18.2 Å². The smallest absolute Gasteiger partial charge is 0.233 e. The first-order valence-electron chi connectivity index (χ1n) is 6.90. The highest BCUT2D eigenvalue weighted by Gasteiger charge is 2.12. The summed E-state index contributed by atoms with van der Waals surface area (Å²) in [6, 6.07) is 10.6. The zero-order chi connectivity index (χ0) is 16.9. The van der Waals surface area contributed by atoms with Gasteiger partial charge < -0.3 is 9.47 Å². The Balaban J connectivity index is 2.04. The normalized spacial score (nSPS) is 11.1. The molecule has 0 aliphatic heterocycles. The molecule has 0 aliphatic rings. The molecule has 0 radical (unpaired) electrons. The number of nitrogens with one attached hydrogen (secondary N) is 1. The lowest BCUT2D eigenvalue weighted by Crippen LogP contribution is -2.18. The lowest BCUT2D eigenvalue weighted by molar-refractivity contribution is 0.354. The predicted octanol–water partition coefficient (Wildman–Crippen LogP) is 2.83. The summed E-state index contributed by atoms with van der Waals surface area (Å²) in [5, 5.41) is 0. The zero-order valence-electron chi connectivity index (χ0n) is 12.9. The van der Waals surface area contributed by atoms with Crippen LogP contribution in [0.15, 0.2) is 42.5 Å². The second kappa shape index (κ2) is 7.32. The Morgan fingerprint density at radius 1 is 1.04 bits per heavy atom. The molecular weight excluding hydrogens is 321 g/mol. The van der Waals surface area contributed by atoms with Gasteiger partial charge in [-0.3, -0.25) is 4.72 Å². The fourth-order valence-corrected chi connectivity index (χ4v) is 3.16. The Morgan fingerprint density at radius 3 is 2.43 bits per heavy atom. The first kappa shape index (κ1) is 17.1. The number of halogens is 1. The van der Waals surface area contributed by atoms with Crippen LogP contribution in [0.1, 0.15) is 5.56 Å². The lowest BCUT2D eigenvalue weighted by Gasteiger charge is -2.11. The number of anilines is 1. The predicted molar refractivity (Wildman–Crippen MR) is 87.1 cm³/mol. The Morgan fingerprint density at radius 2 is 1.78 bits per heavy atom. The summed E-state index contributed by atoms with van der Waals surface area (Å²) in [6.45, 7) is 0. The van der Waals surface area contributed by atoms with Gasteiger partial charge >= 0.3 is 0 Å². The molecule has 0 spiro atoms. The van der Waals surface area contributed by atoms with Gasteiger partial charge in [0.2, 0.25) is 10.0 Å². The Hall–Kier alpha value is -2.28. The third-order valence-electron chi connectivity index (χ3n) is 3.21. The van der Waals surface area contributed by atoms with Crippen LogP contribution in [0.25, 0.3) is 0 Å². The maximum absolute atomic E-state index is 13.1. The number of ether oxygens (including phenoxy) is 2. The molecule has 2 rings (SSSR count). The summed E-state index contributed by atoms with van der Waals surface area (Å²) in [4.78, 5) is 0. The Labute approximate surface area is 135 Å². The molecule has 7 heteroatoms. The molecule has 0 bridgehead atoms. The van der Waals surface area contributed by atoms with E-state index in [0.29, 0.717) is 17.9 Å². The van der Waals surface area contributed by atoms with Crippen LogP contribution in [0.3, 0.4) is 0 Å². The van der Waals surface area contributed by atoms with Crippen molar-refractivity contribution in [2.75, 3.05) is 24.7 Å². The molecule has 2 aromatic rings. The molecule has 0 saturated carbocycles. The minimum absolute atomic E-state index is 0.126. The van der Waals surface area contributed by atoms with Crippen LogP contribution < -0.4 is 14.2 Å². The first-order valence-corrected chi connectivity index (χ1v) is 8.56. The summed E-state index contributed by atoms with van der Waals surface area (Å²) in [6.07, 6.45) is 0.297. The largest absolute Gasteiger partial charge is 0.493 e. The summed E-state index contributed by atoms with van der Waals surface area (Å²) in [5.74, 6) is 0.501. The van der Waals surface area contributed by atoms with Crippen LogP contribution in [0.2, 0.25) is 0 Å². The number of aryl methyl sites for hydroxylation is 1. The van der Waals surface area contributed by atoms with E-state index in [-0.39, 0.29) is 11.4 Å². The zero-order valence-corrected chi connectivity index (χ0v) is 13.7. The molecule has 0 heterocycles. The third kappa shape index (κ3) is 4.85. The van der Waals surface area contributed by atoms with E-state index in [1.807, 2.05) is 0 Å². The SMILES string of the molecule is COc1ccc(CCS(=O)(=O)Nc2cccc(F)c2)cc1OC. The van der Waals surface area contributed by atoms with Crippen molar-refractivity contribution in [2.24, 2.45) is 0 Å². The molecule has 2 aromatic carbocycles. The molecule has 0 amide bonds. The second-order valence-corrected chi connectivity index (χ2v) is 6.71. The molecule has 23 heavy (non-hydrogen) atoms. The molecule has 0 saturated heterocycles. The number of sulfonamides is 1. The van der Waals surface area contributed by atoms with E-state index in [4.69, 9.17) is 9.47 Å². The maximum atomic E-state index is 13.1. The molecule has 0 aliphatic carbocycles. The summed E-state index contributed by atoms with van der Waals surface area (Å²) >= 11 is 0. The topological polar surface area (TPSA) is 64.6 Å². The fraction of sp³-hybridized carbons (Fsp3) is 0.250. The number of hydrogen-bond acceptors (Lipinski definition) is 4. The van der Waals surface area contributed by atoms with Crippen LogP contribution in [0.4, 0.5) is 10.1 Å². The highest BCUT2D eigenvalue weighted by Crippen LogP contribution is 2.27. The van der Waals surface area contributed by atoms with Crippen molar-refractivity contribution in [3.8, 4) is 11.5 Å². The van der Waals surface area contributed by atoms with Crippen molar-refractivity contribution in [1.29, 1.82) is 0 Å². The standard InChI is InChI=1S/C16H18FNO4S/c1-21-15-7-6-12(10-16(15)22-2)8-9-23(19,20)18-14-5-3-4-13(17)11-14/h3-7,10-11,18H,8-9H2,1-2H3. The third-order valence-corrected chi connectivity index (χ3v) is 4.49. The summed E-state index contributed by atoms with van der Waals surface area (Å²) in [5.41, 5.74) is 1.00. The molecule has 0 atom stereocenters. The Kier molecular flexibility index (Phi) is 5.44. The summed E-state index contributed by atoms with van der Waals surface area (Å²) < 4.78 is 49.9. The molecular formula is C16H18FNO4S. The second-order valence-electron chi connectivity index (χ2n) is 4.87. The number of benzene rings is 2. The van der Waals surface area contributed by atoms with Gasteiger partial charge in [0, 0.05) is 0 Å². The van der Waals surface area contributed by atoms with Crippen molar-refractivity contribution in [1.82, 2.24) is 0 Å². The van der Waals surface area contributed by atoms with E-state index in [2.05, 4.69) is 4.72 Å². The number of methoxy groups -OCH3 is 2. The number of rotatable bonds is 7. The van der Waals surface area contributed by atoms with E-state index in [0.717, 1.165) is 11.6 Å². The van der Waals surface area contributed by atoms with Crippen molar-refractivity contribution in [2.45, 2.75) is 6.42 Å². The average molecular weight is 339 g/mol.